The second-order valence-corrected chi connectivity index (χ2v) is 6.60. The normalized spacial score (nSPS) is 39.7. The molecule has 0 spiro atoms. The van der Waals surface area contributed by atoms with E-state index in [0.717, 1.165) is 13.1 Å². The quantitative estimate of drug-likeness (QED) is 0.792. The van der Waals surface area contributed by atoms with Crippen molar-refractivity contribution >= 4 is 0 Å². The van der Waals surface area contributed by atoms with Gasteiger partial charge in [-0.25, -0.2) is 0 Å². The fourth-order valence-corrected chi connectivity index (χ4v) is 3.70. The number of nitrogens with zero attached hydrogens (tertiary/aromatic N) is 3. The molecule has 2 saturated heterocycles. The summed E-state index contributed by atoms with van der Waals surface area (Å²) in [6.07, 6.45) is 3.86. The van der Waals surface area contributed by atoms with Gasteiger partial charge >= 0.3 is 0 Å². The van der Waals surface area contributed by atoms with E-state index in [9.17, 15) is 0 Å². The minimum Gasteiger partial charge on any atom is -0.329 e. The van der Waals surface area contributed by atoms with Crippen LogP contribution in [0.15, 0.2) is 0 Å². The third-order valence-electron chi connectivity index (χ3n) is 5.15. The summed E-state index contributed by atoms with van der Waals surface area (Å²) in [7, 11) is 6.63. The van der Waals surface area contributed by atoms with E-state index in [0.29, 0.717) is 12.1 Å². The fourth-order valence-electron chi connectivity index (χ4n) is 3.70. The molecule has 0 radical (unpaired) electrons. The Hall–Kier alpha value is -0.160. The molecule has 3 unspecified atom stereocenters. The predicted octanol–water partition coefficient (Wildman–Crippen LogP) is 0.434. The van der Waals surface area contributed by atoms with Crippen LogP contribution in [-0.2, 0) is 0 Å². The molecule has 3 atom stereocenters. The second kappa shape index (κ2) is 5.45. The SMILES string of the molecule is CC1CC(CN)(N2CCCC(N(C)C)C2)CN1C. The number of likely N-dealkylation sites (N-methyl/N-ethyl adjacent to an activating group) is 2. The van der Waals surface area contributed by atoms with Gasteiger partial charge in [-0.05, 0) is 53.9 Å². The Labute approximate surface area is 112 Å². The van der Waals surface area contributed by atoms with Crippen LogP contribution in [0.4, 0.5) is 0 Å². The number of hydrogen-bond acceptors (Lipinski definition) is 4. The van der Waals surface area contributed by atoms with Gasteiger partial charge in [0.1, 0.15) is 0 Å². The van der Waals surface area contributed by atoms with Gasteiger partial charge in [0.2, 0.25) is 0 Å². The van der Waals surface area contributed by atoms with Gasteiger partial charge in [0, 0.05) is 37.3 Å². The van der Waals surface area contributed by atoms with Crippen molar-refractivity contribution in [2.24, 2.45) is 5.73 Å². The van der Waals surface area contributed by atoms with Gasteiger partial charge in [0.05, 0.1) is 0 Å². The highest BCUT2D eigenvalue weighted by molar-refractivity contribution is 5.04. The maximum atomic E-state index is 6.16. The summed E-state index contributed by atoms with van der Waals surface area (Å²) in [5.41, 5.74) is 6.39. The van der Waals surface area contributed by atoms with E-state index in [2.05, 4.69) is 42.8 Å². The summed E-state index contributed by atoms with van der Waals surface area (Å²) in [6.45, 7) is 6.66. The Bertz CT molecular complexity index is 269. The lowest BCUT2D eigenvalue weighted by molar-refractivity contribution is 0.0408. The first-order valence-electron chi connectivity index (χ1n) is 7.30. The van der Waals surface area contributed by atoms with Gasteiger partial charge < -0.3 is 15.5 Å². The highest BCUT2D eigenvalue weighted by atomic mass is 15.3. The molecule has 4 nitrogen and oxygen atoms in total. The zero-order valence-corrected chi connectivity index (χ0v) is 12.5. The maximum absolute atomic E-state index is 6.16. The van der Waals surface area contributed by atoms with Gasteiger partial charge in [-0.15, -0.1) is 0 Å². The molecule has 2 aliphatic heterocycles. The molecule has 0 bridgehead atoms. The molecule has 0 amide bonds. The lowest BCUT2D eigenvalue weighted by atomic mass is 9.90. The molecule has 2 fully saturated rings. The van der Waals surface area contributed by atoms with Crippen molar-refractivity contribution in [2.75, 3.05) is 47.3 Å². The highest BCUT2D eigenvalue weighted by Crippen LogP contribution is 2.33. The van der Waals surface area contributed by atoms with Crippen LogP contribution in [0.1, 0.15) is 26.2 Å². The third-order valence-corrected chi connectivity index (χ3v) is 5.15. The highest BCUT2D eigenvalue weighted by Gasteiger charge is 2.45. The summed E-state index contributed by atoms with van der Waals surface area (Å²) >= 11 is 0. The molecule has 2 rings (SSSR count). The van der Waals surface area contributed by atoms with Gasteiger partial charge in [-0.2, -0.15) is 0 Å². The van der Waals surface area contributed by atoms with Crippen LogP contribution >= 0.6 is 0 Å². The lowest BCUT2D eigenvalue weighted by Gasteiger charge is -2.46. The van der Waals surface area contributed by atoms with Crippen molar-refractivity contribution < 1.29 is 0 Å². The first-order chi connectivity index (χ1) is 8.48. The molecule has 0 aromatic heterocycles. The Morgan fingerprint density at radius 3 is 2.61 bits per heavy atom. The molecule has 0 aliphatic carbocycles. The van der Waals surface area contributed by atoms with Crippen molar-refractivity contribution in [3.8, 4) is 0 Å². The van der Waals surface area contributed by atoms with Crippen molar-refractivity contribution in [3.05, 3.63) is 0 Å². The first kappa shape index (κ1) is 14.3. The summed E-state index contributed by atoms with van der Waals surface area (Å²) in [6, 6.07) is 1.36. The molecule has 4 heteroatoms. The third kappa shape index (κ3) is 2.57. The van der Waals surface area contributed by atoms with E-state index in [-0.39, 0.29) is 5.54 Å². The molecule has 18 heavy (non-hydrogen) atoms. The van der Waals surface area contributed by atoms with E-state index in [1.54, 1.807) is 0 Å². The van der Waals surface area contributed by atoms with E-state index in [1.807, 2.05) is 0 Å². The smallest absolute Gasteiger partial charge is 0.0473 e. The molecule has 0 saturated carbocycles. The standard InChI is InChI=1S/C14H30N4/c1-12-8-14(10-15,11-17(12)4)18-7-5-6-13(9-18)16(2)3/h12-13H,5-11,15H2,1-4H3. The number of likely N-dealkylation sites (tertiary alicyclic amines) is 2. The molecule has 0 aromatic carbocycles. The summed E-state index contributed by atoms with van der Waals surface area (Å²) < 4.78 is 0. The number of hydrogen-bond donors (Lipinski definition) is 1. The monoisotopic (exact) mass is 254 g/mol. The van der Waals surface area contributed by atoms with E-state index in [1.165, 1.54) is 32.4 Å². The number of piperidine rings is 1. The van der Waals surface area contributed by atoms with Crippen LogP contribution in [0.25, 0.3) is 0 Å². The minimum atomic E-state index is 0.225. The van der Waals surface area contributed by atoms with E-state index in [4.69, 9.17) is 5.73 Å². The van der Waals surface area contributed by atoms with Crippen LogP contribution in [0.2, 0.25) is 0 Å². The van der Waals surface area contributed by atoms with E-state index < -0.39 is 0 Å². The summed E-state index contributed by atoms with van der Waals surface area (Å²) in [5, 5.41) is 0. The fraction of sp³-hybridized carbons (Fsp3) is 1.00. The molecular weight excluding hydrogens is 224 g/mol. The van der Waals surface area contributed by atoms with Crippen LogP contribution in [0.3, 0.4) is 0 Å². The van der Waals surface area contributed by atoms with Crippen molar-refractivity contribution in [1.29, 1.82) is 0 Å². The largest absolute Gasteiger partial charge is 0.329 e. The van der Waals surface area contributed by atoms with Crippen molar-refractivity contribution in [2.45, 2.75) is 43.8 Å². The molecule has 2 N–H and O–H groups in total. The van der Waals surface area contributed by atoms with Crippen LogP contribution < -0.4 is 5.73 Å². The lowest BCUT2D eigenvalue weighted by Crippen LogP contribution is -2.60. The Kier molecular flexibility index (Phi) is 4.32. The first-order valence-corrected chi connectivity index (χ1v) is 7.30. The molecular formula is C14H30N4. The Morgan fingerprint density at radius 1 is 1.39 bits per heavy atom. The van der Waals surface area contributed by atoms with Gasteiger partial charge in [0.15, 0.2) is 0 Å². The zero-order valence-electron chi connectivity index (χ0n) is 12.5. The average Bonchev–Trinajstić information content (AvgIpc) is 2.66. The van der Waals surface area contributed by atoms with Gasteiger partial charge in [-0.1, -0.05) is 0 Å². The predicted molar refractivity (Wildman–Crippen MR) is 76.8 cm³/mol. The Balaban J connectivity index is 2.08. The van der Waals surface area contributed by atoms with Crippen LogP contribution in [0, 0.1) is 0 Å². The number of rotatable bonds is 3. The minimum absolute atomic E-state index is 0.225. The molecule has 2 heterocycles. The topological polar surface area (TPSA) is 35.7 Å². The summed E-state index contributed by atoms with van der Waals surface area (Å²) in [5.74, 6) is 0. The summed E-state index contributed by atoms with van der Waals surface area (Å²) in [4.78, 5) is 7.52. The molecule has 2 aliphatic rings. The van der Waals surface area contributed by atoms with Gasteiger partial charge in [-0.3, -0.25) is 4.90 Å². The number of nitrogens with two attached hydrogens (primary N) is 1. The van der Waals surface area contributed by atoms with Crippen LogP contribution in [-0.4, -0.2) is 79.6 Å². The van der Waals surface area contributed by atoms with Crippen molar-refractivity contribution in [3.63, 3.8) is 0 Å². The van der Waals surface area contributed by atoms with Gasteiger partial charge in [0.25, 0.3) is 0 Å². The average molecular weight is 254 g/mol. The molecule has 106 valence electrons. The molecule has 0 aromatic rings. The second-order valence-electron chi connectivity index (χ2n) is 6.60. The van der Waals surface area contributed by atoms with Crippen molar-refractivity contribution in [1.82, 2.24) is 14.7 Å². The zero-order chi connectivity index (χ0) is 13.3. The van der Waals surface area contributed by atoms with Crippen LogP contribution in [0.5, 0.6) is 0 Å². The van der Waals surface area contributed by atoms with E-state index >= 15 is 0 Å². The Morgan fingerprint density at radius 2 is 2.11 bits per heavy atom. The maximum Gasteiger partial charge on any atom is 0.0473 e.